The lowest BCUT2D eigenvalue weighted by atomic mass is 10.0. The summed E-state index contributed by atoms with van der Waals surface area (Å²) in [5, 5.41) is 10.1. The van der Waals surface area contributed by atoms with Gasteiger partial charge in [-0.2, -0.15) is 5.26 Å². The molecule has 0 fully saturated rings. The summed E-state index contributed by atoms with van der Waals surface area (Å²) in [4.78, 5) is 0. The lowest BCUT2D eigenvalue weighted by Crippen LogP contribution is -1.99. The van der Waals surface area contributed by atoms with E-state index in [1.807, 2.05) is 36.4 Å². The van der Waals surface area contributed by atoms with Gasteiger partial charge in [0, 0.05) is 14.2 Å². The second kappa shape index (κ2) is 10.3. The minimum Gasteiger partial charge on any atom is -0.487 e. The van der Waals surface area contributed by atoms with Crippen molar-refractivity contribution in [3.05, 3.63) is 93.1 Å². The Labute approximate surface area is 210 Å². The summed E-state index contributed by atoms with van der Waals surface area (Å²) >= 11 is 13.1. The number of nitrogens with zero attached hydrogens (tertiary/aromatic N) is 1. The highest BCUT2D eigenvalue weighted by Gasteiger charge is 2.11. The molecule has 0 spiro atoms. The molecule has 3 rings (SSSR count). The maximum absolute atomic E-state index is 9.58. The van der Waals surface area contributed by atoms with Crippen LogP contribution in [0.5, 0.6) is 5.75 Å². The summed E-state index contributed by atoms with van der Waals surface area (Å²) in [6.07, 6.45) is 1.86. The molecule has 0 heterocycles. The van der Waals surface area contributed by atoms with Crippen LogP contribution in [0.3, 0.4) is 0 Å². The van der Waals surface area contributed by atoms with Gasteiger partial charge in [0.1, 0.15) is 12.4 Å². The molecule has 0 saturated carbocycles. The van der Waals surface area contributed by atoms with Crippen LogP contribution >= 0.6 is 79.4 Å². The fourth-order valence-corrected chi connectivity index (χ4v) is 5.28. The van der Waals surface area contributed by atoms with E-state index in [0.29, 0.717) is 17.2 Å². The quantitative estimate of drug-likeness (QED) is 0.153. The smallest absolute Gasteiger partial charge is 0.146 e. The van der Waals surface area contributed by atoms with E-state index in [2.05, 4.69) is 98.1 Å². The van der Waals surface area contributed by atoms with Gasteiger partial charge in [-0.1, -0.05) is 41.9 Å². The van der Waals surface area contributed by atoms with Gasteiger partial charge in [0.2, 0.25) is 0 Å². The lowest BCUT2D eigenvalue weighted by molar-refractivity contribution is 0.301. The molecule has 2 nitrogen and oxygen atoms in total. The van der Waals surface area contributed by atoms with E-state index in [0.717, 1.165) is 29.6 Å². The molecule has 6 heteroatoms. The van der Waals surface area contributed by atoms with E-state index < -0.39 is 0 Å². The average Bonchev–Trinajstić information content (AvgIpc) is 2.67. The number of halogens is 4. The third-order valence-electron chi connectivity index (χ3n) is 3.91. The molecule has 0 aromatic heterocycles. The van der Waals surface area contributed by atoms with Crippen molar-refractivity contribution in [3.63, 3.8) is 0 Å². The molecule has 0 aliphatic heterocycles. The zero-order valence-electron chi connectivity index (χ0n) is 14.4. The first-order chi connectivity index (χ1) is 13.5. The average molecular weight is 724 g/mol. The van der Waals surface area contributed by atoms with Crippen LogP contribution in [0.4, 0.5) is 0 Å². The van der Waals surface area contributed by atoms with E-state index in [4.69, 9.17) is 16.3 Å². The number of allylic oxidation sites excluding steroid dienone is 1. The minimum atomic E-state index is 0.515. The molecular weight excluding hydrogens is 710 g/mol. The van der Waals surface area contributed by atoms with E-state index >= 15 is 0 Å². The normalized spacial score (nSPS) is 11.2. The zero-order valence-corrected chi connectivity index (χ0v) is 21.7. The molecule has 0 radical (unpaired) electrons. The lowest BCUT2D eigenvalue weighted by Gasteiger charge is -2.12. The van der Waals surface area contributed by atoms with Crippen molar-refractivity contribution in [1.82, 2.24) is 0 Å². The number of hydrogen-bond acceptors (Lipinski definition) is 2. The molecule has 3 aromatic rings. The monoisotopic (exact) mass is 723 g/mol. The van der Waals surface area contributed by atoms with Crippen LogP contribution in [0.15, 0.2) is 60.7 Å². The van der Waals surface area contributed by atoms with Crippen LogP contribution < -0.4 is 4.74 Å². The molecule has 0 aliphatic carbocycles. The minimum absolute atomic E-state index is 0.515. The molecular formula is C22H13ClI3NO. The highest BCUT2D eigenvalue weighted by atomic mass is 127. The summed E-state index contributed by atoms with van der Waals surface area (Å²) in [6, 6.07) is 21.9. The molecule has 0 amide bonds. The van der Waals surface area contributed by atoms with Gasteiger partial charge in [-0.3, -0.25) is 0 Å². The number of nitriles is 1. The summed E-state index contributed by atoms with van der Waals surface area (Å²) in [5.41, 5.74) is 3.33. The molecule has 0 unspecified atom stereocenters. The van der Waals surface area contributed by atoms with Crippen molar-refractivity contribution in [3.8, 4) is 11.8 Å². The molecule has 0 N–H and O–H groups in total. The number of hydrogen-bond donors (Lipinski definition) is 0. The fourth-order valence-electron chi connectivity index (χ4n) is 2.55. The van der Waals surface area contributed by atoms with Gasteiger partial charge in [-0.05, 0) is 115 Å². The van der Waals surface area contributed by atoms with Gasteiger partial charge in [-0.15, -0.1) is 0 Å². The Hall–Kier alpha value is -0.830. The zero-order chi connectivity index (χ0) is 20.1. The van der Waals surface area contributed by atoms with Crippen molar-refractivity contribution in [2.45, 2.75) is 6.61 Å². The molecule has 0 bridgehead atoms. The van der Waals surface area contributed by atoms with Crippen LogP contribution in [0.25, 0.3) is 11.6 Å². The Morgan fingerprint density at radius 3 is 2.25 bits per heavy atom. The highest BCUT2D eigenvalue weighted by molar-refractivity contribution is 14.1. The van der Waals surface area contributed by atoms with Gasteiger partial charge in [0.15, 0.2) is 0 Å². The first-order valence-electron chi connectivity index (χ1n) is 8.21. The second-order valence-corrected chi connectivity index (χ2v) is 9.86. The maximum Gasteiger partial charge on any atom is 0.146 e. The van der Waals surface area contributed by atoms with E-state index in [9.17, 15) is 5.26 Å². The predicted octanol–water partition coefficient (Wildman–Crippen LogP) is 7.80. The van der Waals surface area contributed by atoms with Crippen LogP contribution in [-0.4, -0.2) is 0 Å². The predicted molar refractivity (Wildman–Crippen MR) is 140 cm³/mol. The van der Waals surface area contributed by atoms with E-state index in [1.54, 1.807) is 6.07 Å². The third kappa shape index (κ3) is 5.62. The van der Waals surface area contributed by atoms with Gasteiger partial charge >= 0.3 is 0 Å². The largest absolute Gasteiger partial charge is 0.487 e. The van der Waals surface area contributed by atoms with Crippen LogP contribution in [0, 0.1) is 22.0 Å². The standard InChI is InChI=1S/C22H13ClI3NO/c23-19-4-2-1-3-18(19)16(12-27)9-15-10-20(25)22(21(26)11-15)28-13-14-5-7-17(24)8-6-14/h1-11H,13H2. The summed E-state index contributed by atoms with van der Waals surface area (Å²) in [7, 11) is 0. The van der Waals surface area contributed by atoms with Gasteiger partial charge < -0.3 is 4.74 Å². The summed E-state index contributed by atoms with van der Waals surface area (Å²) in [6.45, 7) is 0.515. The molecule has 0 saturated heterocycles. The van der Waals surface area contributed by atoms with Crippen LogP contribution in [-0.2, 0) is 6.61 Å². The Morgan fingerprint density at radius 2 is 1.64 bits per heavy atom. The number of benzene rings is 3. The Kier molecular flexibility index (Phi) is 8.02. The van der Waals surface area contributed by atoms with Gasteiger partial charge in [-0.25, -0.2) is 0 Å². The first-order valence-corrected chi connectivity index (χ1v) is 11.8. The first kappa shape index (κ1) is 21.9. The van der Waals surface area contributed by atoms with E-state index in [1.165, 1.54) is 3.57 Å². The van der Waals surface area contributed by atoms with Crippen molar-refractivity contribution in [2.75, 3.05) is 0 Å². The third-order valence-corrected chi connectivity index (χ3v) is 6.56. The Morgan fingerprint density at radius 1 is 1.00 bits per heavy atom. The molecule has 140 valence electrons. The molecule has 0 aliphatic rings. The van der Waals surface area contributed by atoms with Gasteiger partial charge in [0.05, 0.1) is 18.8 Å². The number of rotatable bonds is 5. The molecule has 3 aromatic carbocycles. The molecule has 28 heavy (non-hydrogen) atoms. The topological polar surface area (TPSA) is 33.0 Å². The van der Waals surface area contributed by atoms with Gasteiger partial charge in [0.25, 0.3) is 0 Å². The Bertz CT molecular complexity index is 1050. The van der Waals surface area contributed by atoms with Crippen molar-refractivity contribution in [1.29, 1.82) is 5.26 Å². The van der Waals surface area contributed by atoms with Crippen molar-refractivity contribution >= 4 is 91.0 Å². The fraction of sp³-hybridized carbons (Fsp3) is 0.0455. The highest BCUT2D eigenvalue weighted by Crippen LogP contribution is 2.32. The Balaban J connectivity index is 1.86. The second-order valence-electron chi connectivity index (χ2n) is 5.88. The summed E-state index contributed by atoms with van der Waals surface area (Å²) in [5.74, 6) is 0.855. The summed E-state index contributed by atoms with van der Waals surface area (Å²) < 4.78 is 9.26. The number of ether oxygens (including phenoxy) is 1. The molecule has 0 atom stereocenters. The van der Waals surface area contributed by atoms with E-state index in [-0.39, 0.29) is 0 Å². The van der Waals surface area contributed by atoms with Crippen molar-refractivity contribution < 1.29 is 4.74 Å². The maximum atomic E-state index is 9.58. The van der Waals surface area contributed by atoms with Crippen molar-refractivity contribution in [2.24, 2.45) is 0 Å². The van der Waals surface area contributed by atoms with Crippen LogP contribution in [0.2, 0.25) is 5.02 Å². The van der Waals surface area contributed by atoms with Crippen LogP contribution in [0.1, 0.15) is 16.7 Å². The SMILES string of the molecule is N#CC(=Cc1cc(I)c(OCc2ccc(I)cc2)c(I)c1)c1ccccc1Cl.